The first-order chi connectivity index (χ1) is 18.5. The Kier molecular flexibility index (Phi) is 9.59. The summed E-state index contributed by atoms with van der Waals surface area (Å²) in [6.45, 7) is 8.79. The van der Waals surface area contributed by atoms with Crippen molar-refractivity contribution in [3.05, 3.63) is 64.7 Å². The summed E-state index contributed by atoms with van der Waals surface area (Å²) in [5.74, 6) is 2.26. The van der Waals surface area contributed by atoms with Crippen molar-refractivity contribution >= 4 is 11.6 Å². The van der Waals surface area contributed by atoms with Crippen LogP contribution >= 0.6 is 0 Å². The maximum absolute atomic E-state index is 13.7. The first kappa shape index (κ1) is 27.4. The first-order valence-corrected chi connectivity index (χ1v) is 15.7. The molecule has 3 fully saturated rings. The van der Waals surface area contributed by atoms with Crippen molar-refractivity contribution in [2.24, 2.45) is 11.8 Å². The molecule has 206 valence electrons. The van der Waals surface area contributed by atoms with Gasteiger partial charge in [0.1, 0.15) is 0 Å². The summed E-state index contributed by atoms with van der Waals surface area (Å²) in [5.41, 5.74) is 6.86. The summed E-state index contributed by atoms with van der Waals surface area (Å²) in [4.78, 5) is 18.6. The largest absolute Gasteiger partial charge is 0.312 e. The van der Waals surface area contributed by atoms with Crippen molar-refractivity contribution in [2.45, 2.75) is 103 Å². The number of carbonyl (C=O) groups excluding carboxylic acids is 1. The molecule has 1 heterocycles. The summed E-state index contributed by atoms with van der Waals surface area (Å²) in [6, 6.07) is 15.9. The van der Waals surface area contributed by atoms with E-state index in [1.165, 1.54) is 92.9 Å². The van der Waals surface area contributed by atoms with Gasteiger partial charge < -0.3 is 9.80 Å². The number of carbonyl (C=O) groups is 1. The van der Waals surface area contributed by atoms with Gasteiger partial charge in [-0.15, -0.1) is 0 Å². The summed E-state index contributed by atoms with van der Waals surface area (Å²) in [7, 11) is 0. The van der Waals surface area contributed by atoms with Crippen LogP contribution in [0.15, 0.2) is 42.5 Å². The molecule has 0 atom stereocenters. The lowest BCUT2D eigenvalue weighted by Gasteiger charge is -2.35. The Morgan fingerprint density at radius 1 is 0.842 bits per heavy atom. The standard InChI is InChI=1S/C35H50N2O/c1-27-9-8-12-30(23-27)17-20-36-21-18-31(19-22-36)26-37(35(38)25-29-10-6-7-11-29)33-15-16-34(28(2)24-33)32-13-4-3-5-14-32/h8-9,12,15-16,23-24,29,31-32H,3-7,10-11,13-14,17-22,25-26H2,1-2H3. The van der Waals surface area contributed by atoms with Gasteiger partial charge in [0.2, 0.25) is 5.91 Å². The fourth-order valence-corrected chi connectivity index (χ4v) is 7.43. The molecular weight excluding hydrogens is 464 g/mol. The molecule has 2 aliphatic carbocycles. The average molecular weight is 515 g/mol. The fraction of sp³-hybridized carbons (Fsp3) is 0.629. The second kappa shape index (κ2) is 13.3. The predicted molar refractivity (Wildman–Crippen MR) is 160 cm³/mol. The van der Waals surface area contributed by atoms with E-state index >= 15 is 0 Å². The van der Waals surface area contributed by atoms with E-state index in [-0.39, 0.29) is 0 Å². The molecular formula is C35H50N2O. The van der Waals surface area contributed by atoms with Crippen molar-refractivity contribution in [3.63, 3.8) is 0 Å². The zero-order valence-corrected chi connectivity index (χ0v) is 24.1. The highest BCUT2D eigenvalue weighted by atomic mass is 16.2. The number of anilines is 1. The van der Waals surface area contributed by atoms with Gasteiger partial charge in [-0.1, -0.05) is 68.0 Å². The topological polar surface area (TPSA) is 23.6 Å². The molecule has 3 nitrogen and oxygen atoms in total. The fourth-order valence-electron chi connectivity index (χ4n) is 7.43. The van der Waals surface area contributed by atoms with E-state index in [4.69, 9.17) is 0 Å². The van der Waals surface area contributed by atoms with Gasteiger partial charge in [0.25, 0.3) is 0 Å². The van der Waals surface area contributed by atoms with Crippen LogP contribution < -0.4 is 4.90 Å². The number of nitrogens with zero attached hydrogens (tertiary/aromatic N) is 2. The first-order valence-electron chi connectivity index (χ1n) is 15.7. The second-order valence-corrected chi connectivity index (χ2v) is 12.8. The third-order valence-electron chi connectivity index (χ3n) is 9.80. The summed E-state index contributed by atoms with van der Waals surface area (Å²) < 4.78 is 0. The minimum Gasteiger partial charge on any atom is -0.312 e. The predicted octanol–water partition coefficient (Wildman–Crippen LogP) is 8.22. The Balaban J connectivity index is 1.22. The van der Waals surface area contributed by atoms with E-state index in [9.17, 15) is 4.79 Å². The average Bonchev–Trinajstić information content (AvgIpc) is 3.45. The van der Waals surface area contributed by atoms with Gasteiger partial charge in [-0.2, -0.15) is 0 Å². The maximum Gasteiger partial charge on any atom is 0.227 e. The van der Waals surface area contributed by atoms with Crippen molar-refractivity contribution in [2.75, 3.05) is 31.1 Å². The molecule has 2 saturated carbocycles. The molecule has 1 saturated heterocycles. The van der Waals surface area contributed by atoms with E-state index in [0.29, 0.717) is 23.7 Å². The minimum atomic E-state index is 0.364. The van der Waals surface area contributed by atoms with Crippen LogP contribution in [-0.4, -0.2) is 37.0 Å². The monoisotopic (exact) mass is 514 g/mol. The summed E-state index contributed by atoms with van der Waals surface area (Å²) in [6.07, 6.45) is 16.1. The molecule has 0 radical (unpaired) electrons. The number of benzene rings is 2. The number of amides is 1. The zero-order chi connectivity index (χ0) is 26.3. The van der Waals surface area contributed by atoms with E-state index in [1.54, 1.807) is 0 Å². The van der Waals surface area contributed by atoms with Crippen LogP contribution in [0.5, 0.6) is 0 Å². The summed E-state index contributed by atoms with van der Waals surface area (Å²) in [5, 5.41) is 0. The minimum absolute atomic E-state index is 0.364. The van der Waals surface area contributed by atoms with Gasteiger partial charge >= 0.3 is 0 Å². The number of rotatable bonds is 9. The molecule has 38 heavy (non-hydrogen) atoms. The van der Waals surface area contributed by atoms with E-state index in [1.807, 2.05) is 0 Å². The van der Waals surface area contributed by atoms with Crippen molar-refractivity contribution in [1.82, 2.24) is 4.90 Å². The maximum atomic E-state index is 13.7. The molecule has 1 amide bonds. The lowest BCUT2D eigenvalue weighted by molar-refractivity contribution is -0.119. The molecule has 3 aliphatic rings. The highest BCUT2D eigenvalue weighted by molar-refractivity contribution is 5.93. The Labute approximate surface area is 232 Å². The molecule has 2 aromatic carbocycles. The molecule has 0 bridgehead atoms. The van der Waals surface area contributed by atoms with Crippen LogP contribution in [0, 0.1) is 25.7 Å². The van der Waals surface area contributed by atoms with Crippen molar-refractivity contribution in [1.29, 1.82) is 0 Å². The van der Waals surface area contributed by atoms with Gasteiger partial charge in [-0.05, 0) is 118 Å². The van der Waals surface area contributed by atoms with Crippen molar-refractivity contribution < 1.29 is 4.79 Å². The van der Waals surface area contributed by atoms with E-state index < -0.39 is 0 Å². The lowest BCUT2D eigenvalue weighted by atomic mass is 9.82. The molecule has 1 aliphatic heterocycles. The molecule has 0 aromatic heterocycles. The molecule has 0 unspecified atom stereocenters. The van der Waals surface area contributed by atoms with Gasteiger partial charge in [-0.25, -0.2) is 0 Å². The van der Waals surface area contributed by atoms with E-state index in [0.717, 1.165) is 44.7 Å². The summed E-state index contributed by atoms with van der Waals surface area (Å²) >= 11 is 0. The second-order valence-electron chi connectivity index (χ2n) is 12.8. The van der Waals surface area contributed by atoms with Crippen LogP contribution in [-0.2, 0) is 11.2 Å². The number of likely N-dealkylation sites (tertiary alicyclic amines) is 1. The quantitative estimate of drug-likeness (QED) is 0.336. The Hall–Kier alpha value is -2.13. The molecule has 5 rings (SSSR count). The number of hydrogen-bond donors (Lipinski definition) is 0. The molecule has 0 spiro atoms. The Bertz CT molecular complexity index is 1040. The highest BCUT2D eigenvalue weighted by Crippen LogP contribution is 2.36. The van der Waals surface area contributed by atoms with Gasteiger partial charge in [0.15, 0.2) is 0 Å². The normalized spacial score (nSPS) is 20.2. The highest BCUT2D eigenvalue weighted by Gasteiger charge is 2.28. The molecule has 0 N–H and O–H groups in total. The molecule has 2 aromatic rings. The van der Waals surface area contributed by atoms with Gasteiger partial charge in [0.05, 0.1) is 0 Å². The van der Waals surface area contributed by atoms with E-state index in [2.05, 4.69) is 66.1 Å². The Morgan fingerprint density at radius 2 is 1.58 bits per heavy atom. The van der Waals surface area contributed by atoms with Crippen LogP contribution in [0.1, 0.15) is 105 Å². The van der Waals surface area contributed by atoms with Gasteiger partial charge in [-0.3, -0.25) is 4.79 Å². The number of hydrogen-bond acceptors (Lipinski definition) is 2. The smallest absolute Gasteiger partial charge is 0.227 e. The van der Waals surface area contributed by atoms with Crippen LogP contribution in [0.25, 0.3) is 0 Å². The third-order valence-corrected chi connectivity index (χ3v) is 9.80. The zero-order valence-electron chi connectivity index (χ0n) is 24.1. The number of aryl methyl sites for hydroxylation is 2. The Morgan fingerprint density at radius 3 is 2.29 bits per heavy atom. The van der Waals surface area contributed by atoms with Crippen molar-refractivity contribution in [3.8, 4) is 0 Å². The van der Waals surface area contributed by atoms with Gasteiger partial charge in [0, 0.05) is 25.2 Å². The number of piperidine rings is 1. The molecule has 3 heteroatoms. The van der Waals surface area contributed by atoms with Crippen LogP contribution in [0.3, 0.4) is 0 Å². The SMILES string of the molecule is Cc1cccc(CCN2CCC(CN(C(=O)CC3CCCC3)c3ccc(C4CCCCC4)c(C)c3)CC2)c1. The van der Waals surface area contributed by atoms with Crippen LogP contribution in [0.2, 0.25) is 0 Å². The van der Waals surface area contributed by atoms with Crippen LogP contribution in [0.4, 0.5) is 5.69 Å². The third kappa shape index (κ3) is 7.29. The lowest BCUT2D eigenvalue weighted by Crippen LogP contribution is -2.42.